The molecule has 6 rings (SSSR count). The lowest BCUT2D eigenvalue weighted by atomic mass is 10.1. The molecular weight excluding hydrogens is 485 g/mol. The minimum Gasteiger partial charge on any atom is -0.459 e. The molecule has 0 bridgehead atoms. The number of rotatable bonds is 6. The molecule has 10 heteroatoms. The van der Waals surface area contributed by atoms with Gasteiger partial charge in [0, 0.05) is 28.7 Å². The van der Waals surface area contributed by atoms with Crippen molar-refractivity contribution in [2.24, 2.45) is 0 Å². The Morgan fingerprint density at radius 3 is 2.71 bits per heavy atom. The molecule has 4 heterocycles. The molecule has 0 radical (unpaired) electrons. The second-order valence-corrected chi connectivity index (χ2v) is 8.50. The zero-order valence-corrected chi connectivity index (χ0v) is 20.1. The van der Waals surface area contributed by atoms with Gasteiger partial charge in [0.2, 0.25) is 0 Å². The summed E-state index contributed by atoms with van der Waals surface area (Å²) in [5.41, 5.74) is 6.14. The number of amides is 1. The van der Waals surface area contributed by atoms with Gasteiger partial charge in [0.25, 0.3) is 5.91 Å². The van der Waals surface area contributed by atoms with Gasteiger partial charge in [-0.25, -0.2) is 24.3 Å². The van der Waals surface area contributed by atoms with Crippen LogP contribution < -0.4 is 10.6 Å². The van der Waals surface area contributed by atoms with Gasteiger partial charge < -0.3 is 20.0 Å². The molecule has 0 fully saturated rings. The number of aryl methyl sites for hydroxylation is 1. The highest BCUT2D eigenvalue weighted by Crippen LogP contribution is 2.32. The molecule has 0 aliphatic carbocycles. The molecule has 2 aromatic carbocycles. The Morgan fingerprint density at radius 2 is 1.84 bits per heavy atom. The van der Waals surface area contributed by atoms with E-state index in [1.165, 1.54) is 24.7 Å². The molecule has 0 aliphatic rings. The van der Waals surface area contributed by atoms with Crippen LogP contribution in [-0.2, 0) is 0 Å². The first-order valence-corrected chi connectivity index (χ1v) is 11.7. The highest BCUT2D eigenvalue weighted by molar-refractivity contribution is 6.07. The molecule has 186 valence electrons. The summed E-state index contributed by atoms with van der Waals surface area (Å²) in [6.07, 6.45) is 6.16. The smallest absolute Gasteiger partial charge is 0.292 e. The lowest BCUT2D eigenvalue weighted by molar-refractivity contribution is 0.0997. The maximum absolute atomic E-state index is 13.4. The number of benzene rings is 2. The quantitative estimate of drug-likeness (QED) is 0.249. The predicted molar refractivity (Wildman–Crippen MR) is 141 cm³/mol. The van der Waals surface area contributed by atoms with Gasteiger partial charge in [-0.05, 0) is 60.5 Å². The number of nitrogens with one attached hydrogen (secondary N) is 3. The van der Waals surface area contributed by atoms with Crippen molar-refractivity contribution in [3.8, 4) is 22.4 Å². The first-order chi connectivity index (χ1) is 18.6. The van der Waals surface area contributed by atoms with Crippen LogP contribution in [-0.4, -0.2) is 30.8 Å². The zero-order valence-electron chi connectivity index (χ0n) is 20.1. The van der Waals surface area contributed by atoms with Crippen molar-refractivity contribution in [1.29, 1.82) is 0 Å². The fourth-order valence-corrected chi connectivity index (χ4v) is 4.15. The van der Waals surface area contributed by atoms with Crippen molar-refractivity contribution >= 4 is 34.3 Å². The molecule has 0 unspecified atom stereocenters. The number of hydrogen-bond acceptors (Lipinski definition) is 7. The molecular formula is C28H20FN7O2. The number of nitrogens with zero attached hydrogens (tertiary/aromatic N) is 4. The number of fused-ring (bicyclic) bond motifs is 1. The van der Waals surface area contributed by atoms with E-state index in [9.17, 15) is 9.18 Å². The van der Waals surface area contributed by atoms with Gasteiger partial charge in [0.15, 0.2) is 11.4 Å². The number of anilines is 3. The second kappa shape index (κ2) is 9.58. The third-order valence-electron chi connectivity index (χ3n) is 6.06. The van der Waals surface area contributed by atoms with Crippen molar-refractivity contribution in [1.82, 2.24) is 24.9 Å². The zero-order chi connectivity index (χ0) is 26.1. The van der Waals surface area contributed by atoms with E-state index in [2.05, 4.69) is 35.6 Å². The van der Waals surface area contributed by atoms with E-state index in [1.54, 1.807) is 36.8 Å². The number of furan rings is 1. The van der Waals surface area contributed by atoms with E-state index in [4.69, 9.17) is 4.42 Å². The number of carbonyl (C=O) groups is 1. The fraction of sp³-hybridized carbons (Fsp3) is 0.0357. The summed E-state index contributed by atoms with van der Waals surface area (Å²) in [5.74, 6) is -0.0748. The van der Waals surface area contributed by atoms with Crippen LogP contribution in [0.2, 0.25) is 0 Å². The average Bonchev–Trinajstić information content (AvgIpc) is 3.61. The third kappa shape index (κ3) is 4.35. The third-order valence-corrected chi connectivity index (χ3v) is 6.06. The van der Waals surface area contributed by atoms with Gasteiger partial charge in [-0.2, -0.15) is 0 Å². The van der Waals surface area contributed by atoms with Gasteiger partial charge in [-0.3, -0.25) is 4.79 Å². The van der Waals surface area contributed by atoms with E-state index >= 15 is 0 Å². The maximum atomic E-state index is 13.4. The molecule has 9 nitrogen and oxygen atoms in total. The van der Waals surface area contributed by atoms with Crippen molar-refractivity contribution < 1.29 is 13.6 Å². The number of H-pyrrole nitrogens is 1. The Bertz CT molecular complexity index is 1780. The van der Waals surface area contributed by atoms with Crippen LogP contribution in [0.3, 0.4) is 0 Å². The first-order valence-electron chi connectivity index (χ1n) is 11.7. The van der Waals surface area contributed by atoms with Crippen LogP contribution in [0.4, 0.5) is 21.6 Å². The Balaban J connectivity index is 1.28. The van der Waals surface area contributed by atoms with Crippen LogP contribution in [0.1, 0.15) is 16.1 Å². The van der Waals surface area contributed by atoms with Crippen LogP contribution >= 0.6 is 0 Å². The lowest BCUT2D eigenvalue weighted by Gasteiger charge is -2.14. The van der Waals surface area contributed by atoms with Gasteiger partial charge >= 0.3 is 0 Å². The molecule has 0 saturated heterocycles. The Hall–Kier alpha value is -5.38. The molecule has 0 atom stereocenters. The minimum atomic E-state index is -0.426. The van der Waals surface area contributed by atoms with Crippen molar-refractivity contribution in [3.63, 3.8) is 0 Å². The molecule has 3 N–H and O–H groups in total. The van der Waals surface area contributed by atoms with E-state index in [0.717, 1.165) is 16.8 Å². The number of imidazole rings is 1. The summed E-state index contributed by atoms with van der Waals surface area (Å²) >= 11 is 0. The molecule has 6 aromatic rings. The number of aromatic amines is 1. The van der Waals surface area contributed by atoms with Crippen molar-refractivity contribution in [2.75, 3.05) is 10.6 Å². The van der Waals surface area contributed by atoms with Crippen LogP contribution in [0, 0.1) is 12.7 Å². The summed E-state index contributed by atoms with van der Waals surface area (Å²) in [6, 6.07) is 16.8. The minimum absolute atomic E-state index is 0.130. The summed E-state index contributed by atoms with van der Waals surface area (Å²) in [7, 11) is 0. The van der Waals surface area contributed by atoms with Gasteiger partial charge in [-0.1, -0.05) is 18.2 Å². The van der Waals surface area contributed by atoms with E-state index in [0.29, 0.717) is 39.5 Å². The standard InChI is InChI=1S/C28H20FN7O2/c1-16-4-9-19(35-28(37)25-20(10-12-38-25)17-5-7-18(29)8-6-17)13-22(16)36-26-21(3-2-11-30-26)23-24-27(33-14-31-23)34-15-32-24/h2-15H,1H3,(H,30,36)(H,35,37)(H,31,32,33,34). The first kappa shape index (κ1) is 23.0. The Morgan fingerprint density at radius 1 is 0.974 bits per heavy atom. The average molecular weight is 506 g/mol. The molecule has 0 spiro atoms. The molecule has 0 aliphatic heterocycles. The summed E-state index contributed by atoms with van der Waals surface area (Å²) < 4.78 is 18.8. The number of pyridine rings is 1. The lowest BCUT2D eigenvalue weighted by Crippen LogP contribution is -2.12. The summed E-state index contributed by atoms with van der Waals surface area (Å²) in [6.45, 7) is 1.95. The monoisotopic (exact) mass is 505 g/mol. The largest absolute Gasteiger partial charge is 0.459 e. The highest BCUT2D eigenvalue weighted by Gasteiger charge is 2.18. The van der Waals surface area contributed by atoms with Gasteiger partial charge in [-0.15, -0.1) is 0 Å². The van der Waals surface area contributed by atoms with E-state index in [1.807, 2.05) is 31.2 Å². The van der Waals surface area contributed by atoms with Crippen LogP contribution in [0.5, 0.6) is 0 Å². The van der Waals surface area contributed by atoms with E-state index < -0.39 is 5.91 Å². The molecule has 4 aromatic heterocycles. The van der Waals surface area contributed by atoms with Crippen LogP contribution in [0.15, 0.2) is 90.2 Å². The number of halogens is 1. The Labute approximate surface area is 215 Å². The van der Waals surface area contributed by atoms with Crippen molar-refractivity contribution in [2.45, 2.75) is 6.92 Å². The number of hydrogen-bond donors (Lipinski definition) is 3. The Kier molecular flexibility index (Phi) is 5.81. The summed E-state index contributed by atoms with van der Waals surface area (Å²) in [4.78, 5) is 33.6. The molecule has 38 heavy (non-hydrogen) atoms. The second-order valence-electron chi connectivity index (χ2n) is 8.50. The number of carbonyl (C=O) groups excluding carboxylic acids is 1. The maximum Gasteiger partial charge on any atom is 0.292 e. The SMILES string of the molecule is Cc1ccc(NC(=O)c2occc2-c2ccc(F)cc2)cc1Nc1ncccc1-c1ncnc2[nH]cnc12. The van der Waals surface area contributed by atoms with E-state index in [-0.39, 0.29) is 11.6 Å². The van der Waals surface area contributed by atoms with Gasteiger partial charge in [0.1, 0.15) is 29.2 Å². The van der Waals surface area contributed by atoms with Crippen LogP contribution in [0.25, 0.3) is 33.5 Å². The van der Waals surface area contributed by atoms with Gasteiger partial charge in [0.05, 0.1) is 12.6 Å². The molecule has 1 amide bonds. The molecule has 0 saturated carbocycles. The topological polar surface area (TPSA) is 122 Å². The number of aromatic nitrogens is 5. The van der Waals surface area contributed by atoms with Crippen molar-refractivity contribution in [3.05, 3.63) is 103 Å². The predicted octanol–water partition coefficient (Wildman–Crippen LogP) is 6.12. The normalized spacial score (nSPS) is 11.0. The summed E-state index contributed by atoms with van der Waals surface area (Å²) in [5, 5.41) is 6.25. The fourth-order valence-electron chi connectivity index (χ4n) is 4.15. The highest BCUT2D eigenvalue weighted by atomic mass is 19.1.